The van der Waals surface area contributed by atoms with E-state index in [1.54, 1.807) is 0 Å². The highest BCUT2D eigenvalue weighted by Crippen LogP contribution is 1.90. The first kappa shape index (κ1) is 7.03. The van der Waals surface area contributed by atoms with Gasteiger partial charge in [0, 0.05) is 6.42 Å². The van der Waals surface area contributed by atoms with Gasteiger partial charge in [0.25, 0.3) is 0 Å². The van der Waals surface area contributed by atoms with Crippen molar-refractivity contribution in [3.63, 3.8) is 0 Å². The molecule has 0 aliphatic carbocycles. The molecule has 2 nitrogen and oxygen atoms in total. The molecule has 1 aliphatic rings. The van der Waals surface area contributed by atoms with E-state index >= 15 is 0 Å². The third kappa shape index (κ3) is 1.95. The van der Waals surface area contributed by atoms with Crippen molar-refractivity contribution in [2.24, 2.45) is 0 Å². The average molecular weight is 128 g/mol. The zero-order valence-corrected chi connectivity index (χ0v) is 6.11. The molecular weight excluding hydrogens is 112 g/mol. The van der Waals surface area contributed by atoms with E-state index in [1.165, 1.54) is 24.4 Å². The minimum absolute atomic E-state index is 0.738. The number of hydrogen-bond donors (Lipinski definition) is 2. The van der Waals surface area contributed by atoms with E-state index < -0.39 is 0 Å². The Morgan fingerprint density at radius 1 is 1.78 bits per heavy atom. The van der Waals surface area contributed by atoms with Crippen LogP contribution in [0.25, 0.3) is 0 Å². The Hall–Kier alpha value is -0.0800. The van der Waals surface area contributed by atoms with Gasteiger partial charge in [0.1, 0.15) is 0 Å². The van der Waals surface area contributed by atoms with Crippen molar-refractivity contribution in [2.45, 2.75) is 19.4 Å². The van der Waals surface area contributed by atoms with Gasteiger partial charge in [-0.1, -0.05) is 6.92 Å². The van der Waals surface area contributed by atoms with Crippen LogP contribution in [-0.4, -0.2) is 25.7 Å². The zero-order valence-electron chi connectivity index (χ0n) is 6.11. The van der Waals surface area contributed by atoms with Crippen LogP contribution in [0.5, 0.6) is 0 Å². The number of hydrogen-bond acceptors (Lipinski definition) is 1. The van der Waals surface area contributed by atoms with Gasteiger partial charge in [-0.05, 0) is 6.54 Å². The van der Waals surface area contributed by atoms with Gasteiger partial charge >= 0.3 is 0 Å². The van der Waals surface area contributed by atoms with Crippen LogP contribution in [0, 0.1) is 7.05 Å². The van der Waals surface area contributed by atoms with E-state index in [1.807, 2.05) is 0 Å². The van der Waals surface area contributed by atoms with Crippen molar-refractivity contribution < 1.29 is 4.90 Å². The van der Waals surface area contributed by atoms with Crippen LogP contribution in [-0.2, 0) is 0 Å². The molecule has 1 fully saturated rings. The second-order valence-electron chi connectivity index (χ2n) is 2.75. The van der Waals surface area contributed by atoms with Crippen molar-refractivity contribution in [1.82, 2.24) is 5.32 Å². The maximum absolute atomic E-state index is 3.95. The molecule has 0 bridgehead atoms. The first-order chi connectivity index (χ1) is 4.33. The summed E-state index contributed by atoms with van der Waals surface area (Å²) in [6.45, 7) is 5.69. The van der Waals surface area contributed by atoms with E-state index in [0.29, 0.717) is 0 Å². The molecule has 9 heavy (non-hydrogen) atoms. The number of likely N-dealkylation sites (N-methyl/N-ethyl adjacent to an activating group) is 1. The lowest BCUT2D eigenvalue weighted by molar-refractivity contribution is -0.840. The fourth-order valence-corrected chi connectivity index (χ4v) is 1.39. The van der Waals surface area contributed by atoms with Crippen molar-refractivity contribution in [1.29, 1.82) is 0 Å². The number of likely N-dealkylation sites (tertiary alicyclic amines) is 1. The second-order valence-corrected chi connectivity index (χ2v) is 2.75. The molecule has 0 amide bonds. The molecule has 54 valence electrons. The van der Waals surface area contributed by atoms with Crippen molar-refractivity contribution >= 4 is 0 Å². The number of rotatable bonds is 2. The molecule has 1 rings (SSSR count). The molecule has 0 spiro atoms. The highest BCUT2D eigenvalue weighted by Gasteiger charge is 2.17. The molecule has 1 heterocycles. The van der Waals surface area contributed by atoms with Gasteiger partial charge in [0.05, 0.1) is 19.1 Å². The number of nitrogens with one attached hydrogen (secondary N) is 2. The van der Waals surface area contributed by atoms with Gasteiger partial charge in [-0.25, -0.2) is 0 Å². The topological polar surface area (TPSA) is 16.5 Å². The summed E-state index contributed by atoms with van der Waals surface area (Å²) in [6, 6.07) is 0.738. The third-order valence-corrected chi connectivity index (χ3v) is 1.87. The lowest BCUT2D eigenvalue weighted by atomic mass is 10.3. The predicted molar refractivity (Wildman–Crippen MR) is 38.1 cm³/mol. The molecule has 1 aliphatic heterocycles. The van der Waals surface area contributed by atoms with Crippen LogP contribution in [0.2, 0.25) is 0 Å². The molecule has 2 heteroatoms. The Kier molecular flexibility index (Phi) is 2.49. The van der Waals surface area contributed by atoms with Gasteiger partial charge < -0.3 is 10.2 Å². The van der Waals surface area contributed by atoms with E-state index in [9.17, 15) is 0 Å². The molecule has 2 atom stereocenters. The molecule has 0 radical (unpaired) electrons. The maximum Gasteiger partial charge on any atom is 0.0688 e. The Balaban J connectivity index is 2.14. The number of quaternary nitrogens is 1. The summed E-state index contributed by atoms with van der Waals surface area (Å²) in [5, 5.41) is 3.41. The average Bonchev–Trinajstić information content (AvgIpc) is 2.17. The highest BCUT2D eigenvalue weighted by molar-refractivity contribution is 4.67. The summed E-state index contributed by atoms with van der Waals surface area (Å²) >= 11 is 0. The standard InChI is InChI=1S/C7H16N2/c1-3-8-7-4-5-9(2)6-7/h7-9H,2-6H2,1H3/t7-/m1/s1. The minimum Gasteiger partial charge on any atom is -0.466 e. The molecule has 1 saturated heterocycles. The van der Waals surface area contributed by atoms with Crippen LogP contribution in [0.4, 0.5) is 0 Å². The third-order valence-electron chi connectivity index (χ3n) is 1.87. The molecule has 0 aromatic carbocycles. The highest BCUT2D eigenvalue weighted by atomic mass is 15.2. The molecule has 0 saturated carbocycles. The van der Waals surface area contributed by atoms with E-state index in [2.05, 4.69) is 19.3 Å². The smallest absolute Gasteiger partial charge is 0.0688 e. The Labute approximate surface area is 57.2 Å². The van der Waals surface area contributed by atoms with E-state index in [-0.39, 0.29) is 0 Å². The van der Waals surface area contributed by atoms with Crippen LogP contribution in [0.15, 0.2) is 0 Å². The van der Waals surface area contributed by atoms with Gasteiger partial charge in [-0.3, -0.25) is 0 Å². The maximum atomic E-state index is 3.95. The lowest BCUT2D eigenvalue weighted by Gasteiger charge is -2.12. The summed E-state index contributed by atoms with van der Waals surface area (Å²) < 4.78 is 0. The van der Waals surface area contributed by atoms with Crippen molar-refractivity contribution in [3.05, 3.63) is 7.05 Å². The SMILES string of the molecule is [CH2-][NH+]1CC[C@@H](NCC)C1. The normalized spacial score (nSPS) is 35.3. The lowest BCUT2D eigenvalue weighted by Crippen LogP contribution is -3.05. The summed E-state index contributed by atoms with van der Waals surface area (Å²) in [4.78, 5) is 1.42. The Morgan fingerprint density at radius 2 is 2.56 bits per heavy atom. The largest absolute Gasteiger partial charge is 0.466 e. The van der Waals surface area contributed by atoms with Crippen LogP contribution < -0.4 is 10.2 Å². The molecule has 0 aromatic rings. The van der Waals surface area contributed by atoms with E-state index in [0.717, 1.165) is 12.6 Å². The predicted octanol–water partition coefficient (Wildman–Crippen LogP) is -0.955. The molecule has 2 N–H and O–H groups in total. The van der Waals surface area contributed by atoms with Gasteiger partial charge in [-0.15, -0.1) is 0 Å². The van der Waals surface area contributed by atoms with Crippen molar-refractivity contribution in [3.8, 4) is 0 Å². The monoisotopic (exact) mass is 128 g/mol. The summed E-state index contributed by atoms with van der Waals surface area (Å²) in [5.74, 6) is 0. The Morgan fingerprint density at radius 3 is 3.00 bits per heavy atom. The van der Waals surface area contributed by atoms with Crippen LogP contribution in [0.1, 0.15) is 13.3 Å². The molecule has 1 unspecified atom stereocenters. The van der Waals surface area contributed by atoms with Crippen molar-refractivity contribution in [2.75, 3.05) is 19.6 Å². The van der Waals surface area contributed by atoms with Gasteiger partial charge in [0.15, 0.2) is 0 Å². The summed E-state index contributed by atoms with van der Waals surface area (Å²) in [5.41, 5.74) is 0. The minimum atomic E-state index is 0.738. The zero-order chi connectivity index (χ0) is 6.69. The van der Waals surface area contributed by atoms with Gasteiger partial charge in [-0.2, -0.15) is 7.05 Å². The van der Waals surface area contributed by atoms with E-state index in [4.69, 9.17) is 0 Å². The second kappa shape index (κ2) is 3.18. The molecule has 0 aromatic heterocycles. The van der Waals surface area contributed by atoms with Crippen LogP contribution >= 0.6 is 0 Å². The fraction of sp³-hybridized carbons (Fsp3) is 0.857. The molecular formula is C7H16N2. The van der Waals surface area contributed by atoms with Crippen LogP contribution in [0.3, 0.4) is 0 Å². The Bertz CT molecular complexity index is 81.0. The first-order valence-corrected chi connectivity index (χ1v) is 3.73. The summed E-state index contributed by atoms with van der Waals surface area (Å²) in [6.07, 6.45) is 1.30. The first-order valence-electron chi connectivity index (χ1n) is 3.73. The fourth-order valence-electron chi connectivity index (χ4n) is 1.39. The quantitative estimate of drug-likeness (QED) is 0.458. The van der Waals surface area contributed by atoms with Gasteiger partial charge in [0.2, 0.25) is 0 Å². The summed E-state index contributed by atoms with van der Waals surface area (Å²) in [7, 11) is 3.95.